The molecule has 0 amide bonds. The van der Waals surface area contributed by atoms with E-state index in [9.17, 15) is 8.78 Å². The highest BCUT2D eigenvalue weighted by Gasteiger charge is 2.33. The molecule has 1 unspecified atom stereocenters. The third kappa shape index (κ3) is 5.54. The lowest BCUT2D eigenvalue weighted by Gasteiger charge is -2.40. The van der Waals surface area contributed by atoms with E-state index in [0.717, 1.165) is 54.4 Å². The van der Waals surface area contributed by atoms with Crippen molar-refractivity contribution < 1.29 is 8.78 Å². The highest BCUT2D eigenvalue weighted by atomic mass is 19.2. The van der Waals surface area contributed by atoms with Crippen molar-refractivity contribution >= 4 is 5.57 Å². The quantitative estimate of drug-likeness (QED) is 0.386. The number of benzene rings is 1. The van der Waals surface area contributed by atoms with Gasteiger partial charge >= 0.3 is 0 Å². The number of rotatable bonds is 6. The molecule has 0 heterocycles. The smallest absolute Gasteiger partial charge is 0.166 e. The molecule has 0 aliphatic heterocycles. The van der Waals surface area contributed by atoms with Crippen LogP contribution in [0.1, 0.15) is 102 Å². The van der Waals surface area contributed by atoms with Gasteiger partial charge in [0.2, 0.25) is 0 Å². The SMILES string of the molecule is CCCC=CC1CCC(C2CCC(C3CC=C(c4ccc(C)c(F)c4F)CC3)CC2)CC1. The fraction of sp³-hybridized carbons (Fsp3) is 0.667. The number of unbranched alkanes of at least 4 members (excludes halogenated alkanes) is 1. The average Bonchev–Trinajstić information content (AvgIpc) is 2.84. The van der Waals surface area contributed by atoms with Gasteiger partial charge in [-0.05, 0) is 125 Å². The second-order valence-corrected chi connectivity index (χ2v) is 10.9. The van der Waals surface area contributed by atoms with Gasteiger partial charge in [0.15, 0.2) is 11.6 Å². The lowest BCUT2D eigenvalue weighted by molar-refractivity contribution is 0.128. The van der Waals surface area contributed by atoms with E-state index in [0.29, 0.717) is 11.1 Å². The normalized spacial score (nSPS) is 31.6. The summed E-state index contributed by atoms with van der Waals surface area (Å²) in [6, 6.07) is 3.47. The third-order valence-corrected chi connectivity index (χ3v) is 8.90. The highest BCUT2D eigenvalue weighted by Crippen LogP contribution is 2.46. The molecule has 3 aliphatic rings. The number of hydrogen-bond donors (Lipinski definition) is 0. The zero-order valence-electron chi connectivity index (χ0n) is 20.2. The molecular weight excluding hydrogens is 398 g/mol. The Morgan fingerprint density at radius 2 is 1.44 bits per heavy atom. The Bertz CT molecular complexity index is 804. The van der Waals surface area contributed by atoms with E-state index in [1.54, 1.807) is 19.1 Å². The number of allylic oxidation sites excluding steroid dienone is 4. The molecule has 0 radical (unpaired) electrons. The van der Waals surface area contributed by atoms with E-state index in [1.165, 1.54) is 64.2 Å². The molecule has 4 rings (SSSR count). The minimum Gasteiger partial charge on any atom is -0.203 e. The topological polar surface area (TPSA) is 0 Å². The van der Waals surface area contributed by atoms with Gasteiger partial charge in [0.25, 0.3) is 0 Å². The van der Waals surface area contributed by atoms with Gasteiger partial charge in [-0.25, -0.2) is 8.78 Å². The molecule has 0 bridgehead atoms. The van der Waals surface area contributed by atoms with Crippen molar-refractivity contribution in [2.45, 2.75) is 97.3 Å². The van der Waals surface area contributed by atoms with Crippen LogP contribution in [0.15, 0.2) is 30.4 Å². The molecular formula is C30H42F2. The van der Waals surface area contributed by atoms with Gasteiger partial charge < -0.3 is 0 Å². The summed E-state index contributed by atoms with van der Waals surface area (Å²) in [5.41, 5.74) is 1.88. The molecule has 32 heavy (non-hydrogen) atoms. The number of aryl methyl sites for hydroxylation is 1. The first kappa shape index (κ1) is 23.7. The van der Waals surface area contributed by atoms with Crippen LogP contribution in [0.2, 0.25) is 0 Å². The summed E-state index contributed by atoms with van der Waals surface area (Å²) in [6.07, 6.45) is 23.9. The predicted octanol–water partition coefficient (Wildman–Crippen LogP) is 9.43. The zero-order valence-corrected chi connectivity index (χ0v) is 20.2. The summed E-state index contributed by atoms with van der Waals surface area (Å²) in [6.45, 7) is 3.88. The summed E-state index contributed by atoms with van der Waals surface area (Å²) in [4.78, 5) is 0. The van der Waals surface area contributed by atoms with Crippen LogP contribution in [-0.2, 0) is 0 Å². The lowest BCUT2D eigenvalue weighted by Crippen LogP contribution is -2.28. The van der Waals surface area contributed by atoms with Gasteiger partial charge in [-0.15, -0.1) is 0 Å². The van der Waals surface area contributed by atoms with Crippen LogP contribution >= 0.6 is 0 Å². The zero-order chi connectivity index (χ0) is 22.5. The van der Waals surface area contributed by atoms with E-state index < -0.39 is 11.6 Å². The van der Waals surface area contributed by atoms with Crippen molar-refractivity contribution in [1.29, 1.82) is 0 Å². The molecule has 176 valence electrons. The second-order valence-electron chi connectivity index (χ2n) is 10.9. The van der Waals surface area contributed by atoms with Crippen LogP contribution < -0.4 is 0 Å². The molecule has 0 aromatic heterocycles. The average molecular weight is 441 g/mol. The maximum absolute atomic E-state index is 14.4. The fourth-order valence-corrected chi connectivity index (χ4v) is 6.77. The maximum atomic E-state index is 14.4. The van der Waals surface area contributed by atoms with Gasteiger partial charge in [-0.2, -0.15) is 0 Å². The lowest BCUT2D eigenvalue weighted by atomic mass is 9.66. The van der Waals surface area contributed by atoms with Crippen molar-refractivity contribution in [1.82, 2.24) is 0 Å². The third-order valence-electron chi connectivity index (χ3n) is 8.90. The molecule has 0 nitrogen and oxygen atoms in total. The molecule has 0 N–H and O–H groups in total. The Balaban J connectivity index is 1.24. The molecule has 1 atom stereocenters. The Kier molecular flexibility index (Phi) is 8.24. The Hall–Kier alpha value is -1.44. The Morgan fingerprint density at radius 3 is 2.03 bits per heavy atom. The van der Waals surface area contributed by atoms with Crippen molar-refractivity contribution in [3.8, 4) is 0 Å². The number of hydrogen-bond acceptors (Lipinski definition) is 0. The van der Waals surface area contributed by atoms with Gasteiger partial charge in [0.05, 0.1) is 0 Å². The maximum Gasteiger partial charge on any atom is 0.166 e. The van der Waals surface area contributed by atoms with Gasteiger partial charge in [-0.1, -0.05) is 43.7 Å². The Morgan fingerprint density at radius 1 is 0.812 bits per heavy atom. The summed E-state index contributed by atoms with van der Waals surface area (Å²) in [7, 11) is 0. The minimum absolute atomic E-state index is 0.388. The van der Waals surface area contributed by atoms with E-state index in [-0.39, 0.29) is 0 Å². The van der Waals surface area contributed by atoms with Gasteiger partial charge in [-0.3, -0.25) is 0 Å². The molecule has 2 saturated carbocycles. The van der Waals surface area contributed by atoms with Crippen molar-refractivity contribution in [2.75, 3.05) is 0 Å². The molecule has 2 fully saturated rings. The molecule has 1 aromatic carbocycles. The summed E-state index contributed by atoms with van der Waals surface area (Å²) in [5, 5.41) is 0. The standard InChI is InChI=1S/C30H42F2/c1-3-4-5-6-22-8-10-23(11-9-22)24-12-14-25(15-13-24)26-16-18-27(19-17-26)28-20-7-21(2)29(31)30(28)32/h5-7,18,20,22-26H,3-4,8-17,19H2,1-2H3. The van der Waals surface area contributed by atoms with Crippen LogP contribution in [0, 0.1) is 48.1 Å². The first-order valence-electron chi connectivity index (χ1n) is 13.4. The van der Waals surface area contributed by atoms with Crippen LogP contribution in [-0.4, -0.2) is 0 Å². The largest absolute Gasteiger partial charge is 0.203 e. The highest BCUT2D eigenvalue weighted by molar-refractivity contribution is 5.67. The van der Waals surface area contributed by atoms with Crippen molar-refractivity contribution in [3.05, 3.63) is 53.1 Å². The van der Waals surface area contributed by atoms with Crippen LogP contribution in [0.4, 0.5) is 8.78 Å². The van der Waals surface area contributed by atoms with Crippen molar-refractivity contribution in [2.24, 2.45) is 29.6 Å². The molecule has 0 saturated heterocycles. The first-order chi connectivity index (χ1) is 15.6. The van der Waals surface area contributed by atoms with Gasteiger partial charge in [0, 0.05) is 5.56 Å². The van der Waals surface area contributed by atoms with E-state index in [4.69, 9.17) is 0 Å². The summed E-state index contributed by atoms with van der Waals surface area (Å²) < 4.78 is 28.4. The Labute approximate surface area is 194 Å². The monoisotopic (exact) mass is 440 g/mol. The molecule has 0 spiro atoms. The minimum atomic E-state index is -0.685. The van der Waals surface area contributed by atoms with Crippen LogP contribution in [0.3, 0.4) is 0 Å². The molecule has 1 aromatic rings. The van der Waals surface area contributed by atoms with E-state index >= 15 is 0 Å². The van der Waals surface area contributed by atoms with Crippen molar-refractivity contribution in [3.63, 3.8) is 0 Å². The van der Waals surface area contributed by atoms with E-state index in [1.807, 2.05) is 0 Å². The summed E-state index contributed by atoms with van der Waals surface area (Å²) >= 11 is 0. The van der Waals surface area contributed by atoms with E-state index in [2.05, 4.69) is 25.2 Å². The predicted molar refractivity (Wildman–Crippen MR) is 131 cm³/mol. The van der Waals surface area contributed by atoms with Crippen LogP contribution in [0.25, 0.3) is 5.57 Å². The van der Waals surface area contributed by atoms with Gasteiger partial charge in [0.1, 0.15) is 0 Å². The summed E-state index contributed by atoms with van der Waals surface area (Å²) in [5.74, 6) is 2.97. The first-order valence-corrected chi connectivity index (χ1v) is 13.4. The van der Waals surface area contributed by atoms with Crippen LogP contribution in [0.5, 0.6) is 0 Å². The molecule has 2 heteroatoms. The molecule has 3 aliphatic carbocycles. The fourth-order valence-electron chi connectivity index (χ4n) is 6.77. The second kappa shape index (κ2) is 11.1. The number of halogens is 2.